The summed E-state index contributed by atoms with van der Waals surface area (Å²) in [6.45, 7) is 6.86. The third-order valence-corrected chi connectivity index (χ3v) is 4.58. The van der Waals surface area contributed by atoms with Gasteiger partial charge in [-0.05, 0) is 55.7 Å². The van der Waals surface area contributed by atoms with Crippen LogP contribution in [0.1, 0.15) is 38.7 Å². The predicted molar refractivity (Wildman–Crippen MR) is 78.5 cm³/mol. The van der Waals surface area contributed by atoms with Gasteiger partial charge in [-0.25, -0.2) is 0 Å². The maximum Gasteiger partial charge on any atom is 0.0353 e. The normalized spacial score (nSPS) is 29.1. The van der Waals surface area contributed by atoms with Crippen molar-refractivity contribution >= 4 is 21.6 Å². The molecule has 1 aliphatic carbocycles. The molecule has 2 unspecified atom stereocenters. The van der Waals surface area contributed by atoms with Crippen molar-refractivity contribution in [1.82, 2.24) is 0 Å². The molecule has 1 aromatic carbocycles. The lowest BCUT2D eigenvalue weighted by molar-refractivity contribution is 0.281. The Morgan fingerprint density at radius 1 is 1.12 bits per heavy atom. The molecule has 0 bridgehead atoms. The fraction of sp³-hybridized carbons (Fsp3) is 0.600. The van der Waals surface area contributed by atoms with Crippen molar-refractivity contribution in [3.05, 3.63) is 28.2 Å². The summed E-state index contributed by atoms with van der Waals surface area (Å²) >= 11 is 3.59. The Kier molecular flexibility index (Phi) is 4.13. The molecule has 94 valence electrons. The highest BCUT2D eigenvalue weighted by Gasteiger charge is 2.23. The lowest BCUT2D eigenvalue weighted by Gasteiger charge is -2.32. The van der Waals surface area contributed by atoms with Gasteiger partial charge in [-0.2, -0.15) is 0 Å². The third kappa shape index (κ3) is 3.48. The highest BCUT2D eigenvalue weighted by molar-refractivity contribution is 9.10. The van der Waals surface area contributed by atoms with Crippen molar-refractivity contribution < 1.29 is 0 Å². The summed E-state index contributed by atoms with van der Waals surface area (Å²) in [6, 6.07) is 7.19. The Labute approximate surface area is 113 Å². The SMILES string of the molecule is Cc1ccc(NC2CC(C)CC(C)C2)cc1Br. The molecule has 1 N–H and O–H groups in total. The quantitative estimate of drug-likeness (QED) is 0.810. The first-order chi connectivity index (χ1) is 8.04. The predicted octanol–water partition coefficient (Wildman–Crippen LogP) is 4.99. The van der Waals surface area contributed by atoms with Crippen LogP contribution in [0.15, 0.2) is 22.7 Å². The zero-order valence-corrected chi connectivity index (χ0v) is 12.5. The topological polar surface area (TPSA) is 12.0 Å². The number of anilines is 1. The molecular formula is C15H22BrN. The van der Waals surface area contributed by atoms with E-state index in [9.17, 15) is 0 Å². The molecule has 1 fully saturated rings. The van der Waals surface area contributed by atoms with Crippen molar-refractivity contribution in [3.63, 3.8) is 0 Å². The summed E-state index contributed by atoms with van der Waals surface area (Å²) < 4.78 is 1.19. The van der Waals surface area contributed by atoms with E-state index in [1.54, 1.807) is 0 Å². The second-order valence-corrected chi connectivity index (χ2v) is 6.58. The molecular weight excluding hydrogens is 274 g/mol. The Balaban J connectivity index is 2.02. The molecule has 2 rings (SSSR count). The van der Waals surface area contributed by atoms with Crippen molar-refractivity contribution in [2.24, 2.45) is 11.8 Å². The van der Waals surface area contributed by atoms with E-state index in [1.165, 1.54) is 35.0 Å². The maximum absolute atomic E-state index is 3.68. The van der Waals surface area contributed by atoms with Crippen LogP contribution >= 0.6 is 15.9 Å². The summed E-state index contributed by atoms with van der Waals surface area (Å²) in [5, 5.41) is 3.68. The maximum atomic E-state index is 3.68. The molecule has 0 aliphatic heterocycles. The fourth-order valence-electron chi connectivity index (χ4n) is 2.98. The number of hydrogen-bond donors (Lipinski definition) is 1. The first-order valence-electron chi connectivity index (χ1n) is 6.57. The Bertz CT molecular complexity index is 379. The van der Waals surface area contributed by atoms with E-state index in [2.05, 4.69) is 60.2 Å². The number of nitrogens with one attached hydrogen (secondary N) is 1. The van der Waals surface area contributed by atoms with Gasteiger partial charge in [0, 0.05) is 16.2 Å². The Morgan fingerprint density at radius 2 is 1.76 bits per heavy atom. The minimum atomic E-state index is 0.642. The van der Waals surface area contributed by atoms with Crippen LogP contribution in [0.2, 0.25) is 0 Å². The van der Waals surface area contributed by atoms with E-state index >= 15 is 0 Å². The Morgan fingerprint density at radius 3 is 2.35 bits per heavy atom. The molecule has 0 spiro atoms. The first-order valence-corrected chi connectivity index (χ1v) is 7.36. The van der Waals surface area contributed by atoms with Gasteiger partial charge in [0.25, 0.3) is 0 Å². The highest BCUT2D eigenvalue weighted by atomic mass is 79.9. The van der Waals surface area contributed by atoms with Gasteiger partial charge in [0.1, 0.15) is 0 Å². The summed E-state index contributed by atoms with van der Waals surface area (Å²) in [7, 11) is 0. The van der Waals surface area contributed by atoms with E-state index in [0.29, 0.717) is 6.04 Å². The zero-order chi connectivity index (χ0) is 12.4. The van der Waals surface area contributed by atoms with E-state index in [-0.39, 0.29) is 0 Å². The van der Waals surface area contributed by atoms with Crippen molar-refractivity contribution in [2.75, 3.05) is 5.32 Å². The smallest absolute Gasteiger partial charge is 0.0353 e. The standard InChI is InChI=1S/C15H22BrN/c1-10-6-11(2)8-14(7-10)17-13-5-4-12(3)15(16)9-13/h4-5,9-11,14,17H,6-8H2,1-3H3. The minimum absolute atomic E-state index is 0.642. The lowest BCUT2D eigenvalue weighted by atomic mass is 9.80. The van der Waals surface area contributed by atoms with Crippen molar-refractivity contribution in [3.8, 4) is 0 Å². The average Bonchev–Trinajstić information content (AvgIpc) is 2.22. The second kappa shape index (κ2) is 5.43. The van der Waals surface area contributed by atoms with Crippen LogP contribution in [0.3, 0.4) is 0 Å². The third-order valence-electron chi connectivity index (χ3n) is 3.72. The second-order valence-electron chi connectivity index (χ2n) is 5.72. The van der Waals surface area contributed by atoms with Crippen LogP contribution in [0.5, 0.6) is 0 Å². The van der Waals surface area contributed by atoms with Crippen molar-refractivity contribution in [1.29, 1.82) is 0 Å². The summed E-state index contributed by atoms with van der Waals surface area (Å²) in [5.41, 5.74) is 2.54. The van der Waals surface area contributed by atoms with Crippen LogP contribution < -0.4 is 5.32 Å². The molecule has 1 aromatic rings. The molecule has 1 aliphatic rings. The molecule has 1 nitrogen and oxygen atoms in total. The number of rotatable bonds is 2. The van der Waals surface area contributed by atoms with Crippen molar-refractivity contribution in [2.45, 2.75) is 46.1 Å². The van der Waals surface area contributed by atoms with Gasteiger partial charge in [-0.15, -0.1) is 0 Å². The van der Waals surface area contributed by atoms with Gasteiger partial charge in [0.15, 0.2) is 0 Å². The van der Waals surface area contributed by atoms with Crippen LogP contribution in [0.25, 0.3) is 0 Å². The average molecular weight is 296 g/mol. The molecule has 2 atom stereocenters. The molecule has 0 saturated heterocycles. The minimum Gasteiger partial charge on any atom is -0.382 e. The van der Waals surface area contributed by atoms with Gasteiger partial charge in [0.2, 0.25) is 0 Å². The van der Waals surface area contributed by atoms with E-state index in [4.69, 9.17) is 0 Å². The van der Waals surface area contributed by atoms with Crippen LogP contribution in [0.4, 0.5) is 5.69 Å². The molecule has 0 radical (unpaired) electrons. The number of aryl methyl sites for hydroxylation is 1. The van der Waals surface area contributed by atoms with E-state index in [1.807, 2.05) is 0 Å². The monoisotopic (exact) mass is 295 g/mol. The van der Waals surface area contributed by atoms with Gasteiger partial charge in [-0.1, -0.05) is 35.8 Å². The molecule has 1 saturated carbocycles. The summed E-state index contributed by atoms with van der Waals surface area (Å²) in [5.74, 6) is 1.70. The van der Waals surface area contributed by atoms with Crippen LogP contribution in [-0.4, -0.2) is 6.04 Å². The molecule has 0 amide bonds. The van der Waals surface area contributed by atoms with Gasteiger partial charge < -0.3 is 5.32 Å². The number of benzene rings is 1. The lowest BCUT2D eigenvalue weighted by Crippen LogP contribution is -2.30. The fourth-order valence-corrected chi connectivity index (χ4v) is 3.36. The molecule has 17 heavy (non-hydrogen) atoms. The molecule has 0 aromatic heterocycles. The number of hydrogen-bond acceptors (Lipinski definition) is 1. The van der Waals surface area contributed by atoms with Crippen LogP contribution in [0, 0.1) is 18.8 Å². The van der Waals surface area contributed by atoms with Gasteiger partial charge >= 0.3 is 0 Å². The summed E-state index contributed by atoms with van der Waals surface area (Å²) in [6.07, 6.45) is 3.99. The zero-order valence-electron chi connectivity index (χ0n) is 11.0. The Hall–Kier alpha value is -0.500. The molecule has 0 heterocycles. The van der Waals surface area contributed by atoms with Gasteiger partial charge in [-0.3, -0.25) is 0 Å². The highest BCUT2D eigenvalue weighted by Crippen LogP contribution is 2.31. The number of halogens is 1. The summed E-state index contributed by atoms with van der Waals surface area (Å²) in [4.78, 5) is 0. The van der Waals surface area contributed by atoms with E-state index < -0.39 is 0 Å². The van der Waals surface area contributed by atoms with E-state index in [0.717, 1.165) is 11.8 Å². The van der Waals surface area contributed by atoms with Crippen LogP contribution in [-0.2, 0) is 0 Å². The largest absolute Gasteiger partial charge is 0.382 e. The molecule has 2 heteroatoms. The van der Waals surface area contributed by atoms with Gasteiger partial charge in [0.05, 0.1) is 0 Å². The first kappa shape index (κ1) is 12.9.